The van der Waals surface area contributed by atoms with Crippen molar-refractivity contribution in [2.45, 2.75) is 31.1 Å². The summed E-state index contributed by atoms with van der Waals surface area (Å²) in [5, 5.41) is 9.51. The van der Waals surface area contributed by atoms with E-state index in [0.717, 1.165) is 37.0 Å². The summed E-state index contributed by atoms with van der Waals surface area (Å²) in [6.07, 6.45) is 3.43. The van der Waals surface area contributed by atoms with Crippen molar-refractivity contribution in [1.29, 1.82) is 0 Å². The number of carboxylic acids is 1. The third-order valence-electron chi connectivity index (χ3n) is 3.83. The minimum absolute atomic E-state index is 0.500. The molecule has 1 N–H and O–H groups in total. The molecule has 1 fully saturated rings. The first-order chi connectivity index (χ1) is 9.19. The summed E-state index contributed by atoms with van der Waals surface area (Å²) >= 11 is 0. The van der Waals surface area contributed by atoms with E-state index in [1.165, 1.54) is 0 Å². The summed E-state index contributed by atoms with van der Waals surface area (Å²) in [6, 6.07) is 7.44. The van der Waals surface area contributed by atoms with Crippen LogP contribution in [0, 0.1) is 0 Å². The van der Waals surface area contributed by atoms with E-state index < -0.39 is 11.4 Å². The van der Waals surface area contributed by atoms with Crippen LogP contribution in [0.4, 0.5) is 0 Å². The molecule has 104 valence electrons. The van der Waals surface area contributed by atoms with E-state index in [2.05, 4.69) is 0 Å². The Balaban J connectivity index is 2.10. The minimum Gasteiger partial charge on any atom is -0.491 e. The first-order valence-electron chi connectivity index (χ1n) is 6.65. The molecule has 1 aromatic carbocycles. The molecular formula is C15H20O4. The third-order valence-corrected chi connectivity index (χ3v) is 3.83. The molecule has 1 aliphatic rings. The molecule has 4 heteroatoms. The Hall–Kier alpha value is -1.55. The molecule has 0 aromatic heterocycles. The van der Waals surface area contributed by atoms with Crippen molar-refractivity contribution in [2.75, 3.05) is 20.3 Å². The standard InChI is InChI=1S/C15H20O4/c1-18-10-11-19-13-6-4-12(5-7-13)15(14(16)17)8-2-3-9-15/h4-7H,2-3,8-11H2,1H3,(H,16,17). The molecule has 0 amide bonds. The van der Waals surface area contributed by atoms with Gasteiger partial charge in [0.15, 0.2) is 0 Å². The van der Waals surface area contributed by atoms with Gasteiger partial charge in [-0.15, -0.1) is 0 Å². The lowest BCUT2D eigenvalue weighted by Gasteiger charge is -2.24. The number of hydrogen-bond donors (Lipinski definition) is 1. The van der Waals surface area contributed by atoms with Gasteiger partial charge >= 0.3 is 5.97 Å². The van der Waals surface area contributed by atoms with Crippen molar-refractivity contribution in [3.8, 4) is 5.75 Å². The summed E-state index contributed by atoms with van der Waals surface area (Å²) in [5.74, 6) is 0.0392. The first kappa shape index (κ1) is 13.9. The maximum atomic E-state index is 11.6. The highest BCUT2D eigenvalue weighted by Crippen LogP contribution is 2.41. The average molecular weight is 264 g/mol. The van der Waals surface area contributed by atoms with Crippen molar-refractivity contribution in [2.24, 2.45) is 0 Å². The van der Waals surface area contributed by atoms with E-state index in [0.29, 0.717) is 13.2 Å². The summed E-state index contributed by atoms with van der Waals surface area (Å²) in [5.41, 5.74) is 0.196. The fourth-order valence-electron chi connectivity index (χ4n) is 2.72. The maximum Gasteiger partial charge on any atom is 0.314 e. The second kappa shape index (κ2) is 6.06. The number of methoxy groups -OCH3 is 1. The van der Waals surface area contributed by atoms with Gasteiger partial charge in [-0.2, -0.15) is 0 Å². The number of benzene rings is 1. The second-order valence-electron chi connectivity index (χ2n) is 4.96. The largest absolute Gasteiger partial charge is 0.491 e. The molecular weight excluding hydrogens is 244 g/mol. The molecule has 0 radical (unpaired) electrons. The highest BCUT2D eigenvalue weighted by molar-refractivity contribution is 5.81. The van der Waals surface area contributed by atoms with Gasteiger partial charge in [-0.25, -0.2) is 0 Å². The van der Waals surface area contributed by atoms with Crippen LogP contribution in [0.25, 0.3) is 0 Å². The number of aliphatic carboxylic acids is 1. The van der Waals surface area contributed by atoms with Gasteiger partial charge in [-0.3, -0.25) is 4.79 Å². The minimum atomic E-state index is -0.710. The van der Waals surface area contributed by atoms with Gasteiger partial charge in [0.25, 0.3) is 0 Å². The molecule has 0 unspecified atom stereocenters. The number of rotatable bonds is 6. The molecule has 0 spiro atoms. The lowest BCUT2D eigenvalue weighted by Crippen LogP contribution is -2.32. The number of hydrogen-bond acceptors (Lipinski definition) is 3. The Morgan fingerprint density at radius 1 is 1.21 bits per heavy atom. The smallest absolute Gasteiger partial charge is 0.314 e. The zero-order chi connectivity index (χ0) is 13.7. The Labute approximate surface area is 113 Å². The summed E-state index contributed by atoms with van der Waals surface area (Å²) in [4.78, 5) is 11.6. The Bertz CT molecular complexity index is 418. The highest BCUT2D eigenvalue weighted by Gasteiger charge is 2.42. The second-order valence-corrected chi connectivity index (χ2v) is 4.96. The van der Waals surface area contributed by atoms with E-state index in [9.17, 15) is 9.90 Å². The van der Waals surface area contributed by atoms with Gasteiger partial charge in [-0.05, 0) is 30.5 Å². The van der Waals surface area contributed by atoms with Crippen LogP contribution in [-0.4, -0.2) is 31.4 Å². The van der Waals surface area contributed by atoms with E-state index in [-0.39, 0.29) is 0 Å². The van der Waals surface area contributed by atoms with Gasteiger partial charge in [0.2, 0.25) is 0 Å². The average Bonchev–Trinajstić information content (AvgIpc) is 2.90. The van der Waals surface area contributed by atoms with E-state index in [4.69, 9.17) is 9.47 Å². The van der Waals surface area contributed by atoms with Crippen LogP contribution < -0.4 is 4.74 Å². The van der Waals surface area contributed by atoms with E-state index >= 15 is 0 Å². The zero-order valence-corrected chi connectivity index (χ0v) is 11.2. The highest BCUT2D eigenvalue weighted by atomic mass is 16.5. The van der Waals surface area contributed by atoms with E-state index in [1.54, 1.807) is 7.11 Å². The molecule has 0 aliphatic heterocycles. The first-order valence-corrected chi connectivity index (χ1v) is 6.65. The molecule has 0 saturated heterocycles. The molecule has 0 atom stereocenters. The molecule has 0 bridgehead atoms. The Morgan fingerprint density at radius 2 is 1.84 bits per heavy atom. The third kappa shape index (κ3) is 2.89. The van der Waals surface area contributed by atoms with Crippen molar-refractivity contribution >= 4 is 5.97 Å². The fourth-order valence-corrected chi connectivity index (χ4v) is 2.72. The lowest BCUT2D eigenvalue weighted by molar-refractivity contribution is -0.143. The van der Waals surface area contributed by atoms with Gasteiger partial charge in [0.1, 0.15) is 12.4 Å². The Morgan fingerprint density at radius 3 is 2.37 bits per heavy atom. The van der Waals surface area contributed by atoms with Crippen molar-refractivity contribution in [3.63, 3.8) is 0 Å². The lowest BCUT2D eigenvalue weighted by atomic mass is 9.79. The van der Waals surface area contributed by atoms with Crippen LogP contribution >= 0.6 is 0 Å². The zero-order valence-electron chi connectivity index (χ0n) is 11.2. The van der Waals surface area contributed by atoms with E-state index in [1.807, 2.05) is 24.3 Å². The topological polar surface area (TPSA) is 55.8 Å². The summed E-state index contributed by atoms with van der Waals surface area (Å²) in [7, 11) is 1.63. The predicted octanol–water partition coefficient (Wildman–Crippen LogP) is 2.61. The van der Waals surface area contributed by atoms with Crippen molar-refractivity contribution < 1.29 is 19.4 Å². The van der Waals surface area contributed by atoms with Crippen LogP contribution in [0.2, 0.25) is 0 Å². The van der Waals surface area contributed by atoms with Crippen LogP contribution in [-0.2, 0) is 14.9 Å². The molecule has 1 saturated carbocycles. The molecule has 19 heavy (non-hydrogen) atoms. The van der Waals surface area contributed by atoms with Crippen molar-refractivity contribution in [3.05, 3.63) is 29.8 Å². The molecule has 2 rings (SSSR count). The fraction of sp³-hybridized carbons (Fsp3) is 0.533. The summed E-state index contributed by atoms with van der Waals surface area (Å²) < 4.78 is 10.4. The van der Waals surface area contributed by atoms with Crippen LogP contribution in [0.15, 0.2) is 24.3 Å². The van der Waals surface area contributed by atoms with Gasteiger partial charge in [0, 0.05) is 7.11 Å². The van der Waals surface area contributed by atoms with Crippen LogP contribution in [0.3, 0.4) is 0 Å². The quantitative estimate of drug-likeness (QED) is 0.802. The van der Waals surface area contributed by atoms with Gasteiger partial charge in [-0.1, -0.05) is 25.0 Å². The molecule has 4 nitrogen and oxygen atoms in total. The Kier molecular flexibility index (Phi) is 4.43. The van der Waals surface area contributed by atoms with Crippen LogP contribution in [0.5, 0.6) is 5.75 Å². The van der Waals surface area contributed by atoms with Crippen molar-refractivity contribution in [1.82, 2.24) is 0 Å². The number of carbonyl (C=O) groups is 1. The van der Waals surface area contributed by atoms with Crippen LogP contribution in [0.1, 0.15) is 31.2 Å². The monoisotopic (exact) mass is 264 g/mol. The molecule has 1 aliphatic carbocycles. The van der Waals surface area contributed by atoms with Gasteiger partial charge in [0.05, 0.1) is 12.0 Å². The van der Waals surface area contributed by atoms with Gasteiger partial charge < -0.3 is 14.6 Å². The predicted molar refractivity (Wildman–Crippen MR) is 71.6 cm³/mol. The SMILES string of the molecule is COCCOc1ccc(C2(C(=O)O)CCCC2)cc1. The number of ether oxygens (including phenoxy) is 2. The molecule has 0 heterocycles. The molecule has 1 aromatic rings. The number of carboxylic acid groups (broad SMARTS) is 1. The maximum absolute atomic E-state index is 11.6. The summed E-state index contributed by atoms with van der Waals surface area (Å²) in [6.45, 7) is 1.04. The normalized spacial score (nSPS) is 17.3.